The molecule has 7 heteroatoms. The molecule has 1 aromatic carbocycles. The fourth-order valence-corrected chi connectivity index (χ4v) is 3.15. The molecule has 0 aliphatic carbocycles. The number of ether oxygens (including phenoxy) is 1. The second-order valence-corrected chi connectivity index (χ2v) is 6.12. The SMILES string of the molecule is CCCc1nn(-c2ccc(OC)cc2)c(-c2c(C)noc2C)c1CN=O. The Labute approximate surface area is 151 Å². The van der Waals surface area contributed by atoms with Crippen LogP contribution in [-0.2, 0) is 13.0 Å². The predicted octanol–water partition coefficient (Wildman–Crippen LogP) is 4.37. The molecule has 0 aliphatic heterocycles. The highest BCUT2D eigenvalue weighted by atomic mass is 16.5. The molecule has 0 bridgehead atoms. The molecule has 0 spiro atoms. The van der Waals surface area contributed by atoms with Crippen molar-refractivity contribution in [3.8, 4) is 22.7 Å². The van der Waals surface area contributed by atoms with Gasteiger partial charge in [0.2, 0.25) is 0 Å². The normalized spacial score (nSPS) is 10.9. The maximum Gasteiger partial charge on any atom is 0.143 e. The first-order valence-electron chi connectivity index (χ1n) is 8.58. The van der Waals surface area contributed by atoms with Crippen LogP contribution in [0.1, 0.15) is 36.1 Å². The van der Waals surface area contributed by atoms with Crippen LogP contribution in [0.3, 0.4) is 0 Å². The van der Waals surface area contributed by atoms with Gasteiger partial charge in [-0.2, -0.15) is 10.0 Å². The highest BCUT2D eigenvalue weighted by molar-refractivity contribution is 5.71. The lowest BCUT2D eigenvalue weighted by Crippen LogP contribution is -2.01. The summed E-state index contributed by atoms with van der Waals surface area (Å²) in [6.07, 6.45) is 1.69. The third-order valence-corrected chi connectivity index (χ3v) is 4.36. The van der Waals surface area contributed by atoms with Crippen molar-refractivity contribution in [2.24, 2.45) is 5.18 Å². The first kappa shape index (κ1) is 17.8. The maximum atomic E-state index is 11.1. The maximum absolute atomic E-state index is 11.1. The molecule has 3 aromatic rings. The van der Waals surface area contributed by atoms with Gasteiger partial charge >= 0.3 is 0 Å². The zero-order valence-corrected chi connectivity index (χ0v) is 15.4. The van der Waals surface area contributed by atoms with Crippen LogP contribution in [0.5, 0.6) is 5.75 Å². The quantitative estimate of drug-likeness (QED) is 0.588. The predicted molar refractivity (Wildman–Crippen MR) is 98.6 cm³/mol. The minimum absolute atomic E-state index is 0.0604. The topological polar surface area (TPSA) is 82.5 Å². The molecule has 0 radical (unpaired) electrons. The van der Waals surface area contributed by atoms with Gasteiger partial charge in [0.1, 0.15) is 18.1 Å². The Kier molecular flexibility index (Phi) is 5.16. The summed E-state index contributed by atoms with van der Waals surface area (Å²) in [4.78, 5) is 11.1. The van der Waals surface area contributed by atoms with E-state index >= 15 is 0 Å². The minimum Gasteiger partial charge on any atom is -0.497 e. The Balaban J connectivity index is 2.28. The van der Waals surface area contributed by atoms with E-state index in [1.54, 1.807) is 7.11 Å². The molecule has 2 heterocycles. The third kappa shape index (κ3) is 3.12. The van der Waals surface area contributed by atoms with Crippen LogP contribution in [0.4, 0.5) is 0 Å². The van der Waals surface area contributed by atoms with E-state index < -0.39 is 0 Å². The fraction of sp³-hybridized carbons (Fsp3) is 0.368. The van der Waals surface area contributed by atoms with E-state index in [2.05, 4.69) is 17.3 Å². The van der Waals surface area contributed by atoms with Gasteiger partial charge in [0, 0.05) is 5.56 Å². The van der Waals surface area contributed by atoms with Gasteiger partial charge in [-0.05, 0) is 44.5 Å². The molecule has 0 saturated heterocycles. The summed E-state index contributed by atoms with van der Waals surface area (Å²) in [7, 11) is 1.63. The number of hydrogen-bond donors (Lipinski definition) is 0. The highest BCUT2D eigenvalue weighted by Gasteiger charge is 2.25. The van der Waals surface area contributed by atoms with E-state index in [0.717, 1.165) is 52.5 Å². The number of aromatic nitrogens is 3. The van der Waals surface area contributed by atoms with Gasteiger partial charge in [-0.1, -0.05) is 23.7 Å². The van der Waals surface area contributed by atoms with E-state index in [4.69, 9.17) is 14.4 Å². The van der Waals surface area contributed by atoms with Gasteiger partial charge in [0.25, 0.3) is 0 Å². The number of nitrogens with zero attached hydrogens (tertiary/aromatic N) is 4. The van der Waals surface area contributed by atoms with E-state index in [1.165, 1.54) is 0 Å². The molecule has 2 aromatic heterocycles. The Morgan fingerprint density at radius 2 is 1.96 bits per heavy atom. The Bertz CT molecular complexity index is 890. The summed E-state index contributed by atoms with van der Waals surface area (Å²) in [6.45, 7) is 5.89. The molecular formula is C19H22N4O3. The first-order chi connectivity index (χ1) is 12.6. The molecule has 0 saturated carbocycles. The van der Waals surface area contributed by atoms with Crippen LogP contribution < -0.4 is 4.74 Å². The van der Waals surface area contributed by atoms with Crippen molar-refractivity contribution in [3.63, 3.8) is 0 Å². The fourth-order valence-electron chi connectivity index (χ4n) is 3.15. The van der Waals surface area contributed by atoms with Crippen molar-refractivity contribution in [3.05, 3.63) is 51.9 Å². The average molecular weight is 354 g/mol. The zero-order valence-electron chi connectivity index (χ0n) is 15.4. The van der Waals surface area contributed by atoms with Gasteiger partial charge in [-0.3, -0.25) is 0 Å². The molecule has 26 heavy (non-hydrogen) atoms. The van der Waals surface area contributed by atoms with Gasteiger partial charge in [0.15, 0.2) is 0 Å². The van der Waals surface area contributed by atoms with Crippen LogP contribution in [0.25, 0.3) is 16.9 Å². The van der Waals surface area contributed by atoms with Gasteiger partial charge in [-0.25, -0.2) is 4.68 Å². The van der Waals surface area contributed by atoms with Crippen molar-refractivity contribution in [1.82, 2.24) is 14.9 Å². The van der Waals surface area contributed by atoms with Gasteiger partial charge < -0.3 is 9.26 Å². The molecule has 0 unspecified atom stereocenters. The van der Waals surface area contributed by atoms with Crippen LogP contribution in [-0.4, -0.2) is 22.0 Å². The molecule has 0 amide bonds. The molecule has 0 fully saturated rings. The molecule has 0 N–H and O–H groups in total. The van der Waals surface area contributed by atoms with Crippen LogP contribution >= 0.6 is 0 Å². The summed E-state index contributed by atoms with van der Waals surface area (Å²) in [5.41, 5.74) is 5.00. The van der Waals surface area contributed by atoms with E-state index in [9.17, 15) is 4.91 Å². The van der Waals surface area contributed by atoms with Crippen molar-refractivity contribution < 1.29 is 9.26 Å². The third-order valence-electron chi connectivity index (χ3n) is 4.36. The van der Waals surface area contributed by atoms with E-state index in [-0.39, 0.29) is 6.54 Å². The Hall–Kier alpha value is -2.96. The summed E-state index contributed by atoms with van der Waals surface area (Å²) in [5, 5.41) is 12.0. The van der Waals surface area contributed by atoms with E-state index in [1.807, 2.05) is 42.8 Å². The monoisotopic (exact) mass is 354 g/mol. The summed E-state index contributed by atoms with van der Waals surface area (Å²) >= 11 is 0. The smallest absolute Gasteiger partial charge is 0.143 e. The summed E-state index contributed by atoms with van der Waals surface area (Å²) in [6, 6.07) is 7.62. The number of rotatable bonds is 7. The first-order valence-corrected chi connectivity index (χ1v) is 8.58. The van der Waals surface area contributed by atoms with Gasteiger partial charge in [-0.15, -0.1) is 0 Å². The van der Waals surface area contributed by atoms with Crippen LogP contribution in [0.15, 0.2) is 34.0 Å². The lowest BCUT2D eigenvalue weighted by atomic mass is 10.0. The van der Waals surface area contributed by atoms with Crippen LogP contribution in [0.2, 0.25) is 0 Å². The Morgan fingerprint density at radius 1 is 1.23 bits per heavy atom. The molecule has 3 rings (SSSR count). The van der Waals surface area contributed by atoms with Crippen molar-refractivity contribution in [1.29, 1.82) is 0 Å². The number of methoxy groups -OCH3 is 1. The van der Waals surface area contributed by atoms with Crippen molar-refractivity contribution in [2.45, 2.75) is 40.2 Å². The minimum atomic E-state index is 0.0604. The van der Waals surface area contributed by atoms with Crippen molar-refractivity contribution >= 4 is 0 Å². The highest BCUT2D eigenvalue weighted by Crippen LogP contribution is 2.35. The molecular weight excluding hydrogens is 332 g/mol. The molecule has 0 aliphatic rings. The second-order valence-electron chi connectivity index (χ2n) is 6.12. The molecule has 0 atom stereocenters. The second kappa shape index (κ2) is 7.51. The zero-order chi connectivity index (χ0) is 18.7. The lowest BCUT2D eigenvalue weighted by Gasteiger charge is -2.09. The standard InChI is InChI=1S/C19H22N4O3/c1-5-6-17-16(11-20-24)19(18-12(2)22-26-13(18)3)23(21-17)14-7-9-15(25-4)10-8-14/h7-10H,5-6,11H2,1-4H3. The summed E-state index contributed by atoms with van der Waals surface area (Å²) < 4.78 is 12.4. The number of nitroso groups, excluding NO2 is 1. The average Bonchev–Trinajstić information content (AvgIpc) is 3.16. The Morgan fingerprint density at radius 3 is 2.50 bits per heavy atom. The molecule has 136 valence electrons. The molecule has 7 nitrogen and oxygen atoms in total. The summed E-state index contributed by atoms with van der Waals surface area (Å²) in [5.74, 6) is 1.45. The number of hydrogen-bond acceptors (Lipinski definition) is 6. The van der Waals surface area contributed by atoms with Gasteiger partial charge in [0.05, 0.1) is 35.4 Å². The largest absolute Gasteiger partial charge is 0.497 e. The van der Waals surface area contributed by atoms with Crippen molar-refractivity contribution in [2.75, 3.05) is 7.11 Å². The van der Waals surface area contributed by atoms with E-state index in [0.29, 0.717) is 5.76 Å². The lowest BCUT2D eigenvalue weighted by molar-refractivity contribution is 0.393. The van der Waals surface area contributed by atoms with Crippen LogP contribution in [0, 0.1) is 18.8 Å². The number of benzene rings is 1. The number of aryl methyl sites for hydroxylation is 3.